The number of pyridine rings is 1. The lowest BCUT2D eigenvalue weighted by atomic mass is 9.90. The van der Waals surface area contributed by atoms with Gasteiger partial charge in [0, 0.05) is 28.0 Å². The number of benzene rings is 4. The van der Waals surface area contributed by atoms with Crippen LogP contribution < -0.4 is 5.73 Å². The summed E-state index contributed by atoms with van der Waals surface area (Å²) < 4.78 is 0. The molecule has 1 aliphatic carbocycles. The third-order valence-corrected chi connectivity index (χ3v) is 10.8. The van der Waals surface area contributed by atoms with Gasteiger partial charge in [-0.05, 0) is 97.0 Å². The molecule has 0 amide bonds. The number of aliphatic carboxylic acids is 1. The summed E-state index contributed by atoms with van der Waals surface area (Å²) in [5.41, 5.74) is 11.7. The highest BCUT2D eigenvalue weighted by Gasteiger charge is 2.44. The summed E-state index contributed by atoms with van der Waals surface area (Å²) >= 11 is 8.04. The molecule has 1 atom stereocenters. The first-order valence-corrected chi connectivity index (χ1v) is 18.2. The number of carbonyl (C=O) groups is 1. The van der Waals surface area contributed by atoms with Crippen molar-refractivity contribution in [2.45, 2.75) is 63.3 Å². The predicted octanol–water partition coefficient (Wildman–Crippen LogP) is 10.1. The molecule has 0 radical (unpaired) electrons. The minimum Gasteiger partial charge on any atom is -0.481 e. The number of carboxylic acid groups (broad SMARTS) is 1. The van der Waals surface area contributed by atoms with Gasteiger partial charge >= 0.3 is 5.97 Å². The molecule has 5 nitrogen and oxygen atoms in total. The summed E-state index contributed by atoms with van der Waals surface area (Å²) in [4.78, 5) is 16.2. The zero-order chi connectivity index (χ0) is 34.9. The molecule has 4 N–H and O–H groups in total. The minimum absolute atomic E-state index is 0.0814. The van der Waals surface area contributed by atoms with E-state index in [9.17, 15) is 15.0 Å². The number of fused-ring (bicyclic) bond motifs is 1. The van der Waals surface area contributed by atoms with Gasteiger partial charge in [0.1, 0.15) is 0 Å². The van der Waals surface area contributed by atoms with Crippen LogP contribution in [0.3, 0.4) is 0 Å². The van der Waals surface area contributed by atoms with Crippen molar-refractivity contribution < 1.29 is 15.0 Å². The highest BCUT2D eigenvalue weighted by atomic mass is 35.5. The summed E-state index contributed by atoms with van der Waals surface area (Å²) in [5, 5.41) is 22.1. The van der Waals surface area contributed by atoms with Crippen LogP contribution in [0.1, 0.15) is 78.3 Å². The summed E-state index contributed by atoms with van der Waals surface area (Å²) in [5.74, 6) is 0.122. The van der Waals surface area contributed by atoms with E-state index in [2.05, 4.69) is 42.5 Å². The fourth-order valence-corrected chi connectivity index (χ4v) is 7.71. The van der Waals surface area contributed by atoms with Gasteiger partial charge in [-0.2, -0.15) is 11.8 Å². The van der Waals surface area contributed by atoms with Crippen molar-refractivity contribution in [2.24, 2.45) is 11.1 Å². The van der Waals surface area contributed by atoms with Gasteiger partial charge in [-0.15, -0.1) is 0 Å². The molecule has 1 aromatic heterocycles. The first-order chi connectivity index (χ1) is 23.5. The van der Waals surface area contributed by atoms with Crippen LogP contribution in [-0.2, 0) is 23.4 Å². The van der Waals surface area contributed by atoms with E-state index in [-0.39, 0.29) is 17.1 Å². The standard InChI is InChI=1S/C35H36ClNO3S.C7H9N/c1-34(2,40)30-9-4-3-7-25(30)13-17-32(41-23-35(18-19-35)22-33(38)39)27-8-5-6-24(20-27)10-15-29-16-12-26-11-14-28(36)21-31(26)37-29;8-6-7-4-2-1-3-5-7/h3-12,14-16,20-21,32,40H,13,17-19,22-23H2,1-2H3,(H,38,39);1-5H,6,8H2/t32-;/m1./s1. The molecular formula is C42H45ClN2O3S. The molecular weight excluding hydrogens is 648 g/mol. The van der Waals surface area contributed by atoms with Gasteiger partial charge in [-0.1, -0.05) is 109 Å². The average Bonchev–Trinajstić information content (AvgIpc) is 3.86. The number of rotatable bonds is 13. The predicted molar refractivity (Wildman–Crippen MR) is 206 cm³/mol. The summed E-state index contributed by atoms with van der Waals surface area (Å²) in [7, 11) is 0. The number of carboxylic acids is 1. The molecule has 0 bridgehead atoms. The third-order valence-electron chi connectivity index (χ3n) is 8.91. The molecule has 254 valence electrons. The van der Waals surface area contributed by atoms with E-state index in [1.165, 1.54) is 11.1 Å². The number of nitrogens with two attached hydrogens (primary N) is 1. The van der Waals surface area contributed by atoms with Crippen LogP contribution in [0.4, 0.5) is 0 Å². The number of halogens is 1. The van der Waals surface area contributed by atoms with Crippen molar-refractivity contribution in [2.75, 3.05) is 5.75 Å². The lowest BCUT2D eigenvalue weighted by Gasteiger charge is -2.24. The van der Waals surface area contributed by atoms with Crippen molar-refractivity contribution in [1.82, 2.24) is 4.98 Å². The number of hydrogen-bond donors (Lipinski definition) is 3. The monoisotopic (exact) mass is 692 g/mol. The molecule has 6 rings (SSSR count). The van der Waals surface area contributed by atoms with Crippen molar-refractivity contribution >= 4 is 52.4 Å². The first kappa shape index (κ1) is 36.3. The van der Waals surface area contributed by atoms with Gasteiger partial charge < -0.3 is 15.9 Å². The Morgan fingerprint density at radius 2 is 1.69 bits per heavy atom. The van der Waals surface area contributed by atoms with Crippen molar-refractivity contribution in [3.05, 3.63) is 148 Å². The van der Waals surface area contributed by atoms with Crippen LogP contribution in [0.5, 0.6) is 0 Å². The van der Waals surface area contributed by atoms with Crippen molar-refractivity contribution in [3.63, 3.8) is 0 Å². The number of hydrogen-bond acceptors (Lipinski definition) is 5. The second kappa shape index (κ2) is 16.6. The Bertz CT molecular complexity index is 1880. The maximum Gasteiger partial charge on any atom is 0.303 e. The molecule has 5 aromatic rings. The Kier molecular flexibility index (Phi) is 12.3. The minimum atomic E-state index is -0.911. The number of aliphatic hydroxyl groups is 1. The van der Waals surface area contributed by atoms with E-state index < -0.39 is 11.6 Å². The number of nitrogens with zero attached hydrogens (tertiary/aromatic N) is 1. The van der Waals surface area contributed by atoms with Crippen molar-refractivity contribution in [1.29, 1.82) is 0 Å². The van der Waals surface area contributed by atoms with Gasteiger partial charge in [-0.25, -0.2) is 4.98 Å². The Labute approximate surface area is 299 Å². The number of thioether (sulfide) groups is 1. The van der Waals surface area contributed by atoms with Gasteiger partial charge in [0.15, 0.2) is 0 Å². The summed E-state index contributed by atoms with van der Waals surface area (Å²) in [6.45, 7) is 4.30. The van der Waals surface area contributed by atoms with Gasteiger partial charge in [0.25, 0.3) is 0 Å². The molecule has 0 aliphatic heterocycles. The second-order valence-corrected chi connectivity index (χ2v) is 15.0. The topological polar surface area (TPSA) is 96.4 Å². The maximum atomic E-state index is 11.5. The Morgan fingerprint density at radius 1 is 0.959 bits per heavy atom. The van der Waals surface area contributed by atoms with Crippen LogP contribution in [0.15, 0.2) is 109 Å². The summed E-state index contributed by atoms with van der Waals surface area (Å²) in [6, 6.07) is 36.5. The van der Waals surface area contributed by atoms with E-state index in [1.807, 2.05) is 104 Å². The molecule has 49 heavy (non-hydrogen) atoms. The maximum absolute atomic E-state index is 11.5. The van der Waals surface area contributed by atoms with Gasteiger partial charge in [0.2, 0.25) is 0 Å². The van der Waals surface area contributed by atoms with Crippen LogP contribution in [0, 0.1) is 5.41 Å². The summed E-state index contributed by atoms with van der Waals surface area (Å²) in [6.07, 6.45) is 8.02. The molecule has 0 unspecified atom stereocenters. The van der Waals surface area contributed by atoms with E-state index in [4.69, 9.17) is 22.3 Å². The quantitative estimate of drug-likeness (QED) is 0.114. The SMILES string of the molecule is CC(C)(O)c1ccccc1CC[C@@H](SCC1(CC(=O)O)CC1)c1cccc(C=Cc2ccc3ccc(Cl)cc3n2)c1.NCc1ccccc1. The fourth-order valence-electron chi connectivity index (χ4n) is 5.97. The molecule has 1 heterocycles. The number of aryl methyl sites for hydroxylation is 1. The van der Waals surface area contributed by atoms with Gasteiger partial charge in [-0.3, -0.25) is 4.79 Å². The third kappa shape index (κ3) is 10.8. The normalized spacial score (nSPS) is 14.3. The molecule has 4 aromatic carbocycles. The zero-order valence-electron chi connectivity index (χ0n) is 28.2. The molecule has 1 saturated carbocycles. The fraction of sp³-hybridized carbons (Fsp3) is 0.286. The number of aromatic nitrogens is 1. The molecule has 0 saturated heterocycles. The Hall–Kier alpha value is -3.94. The van der Waals surface area contributed by atoms with Crippen LogP contribution in [0.25, 0.3) is 23.1 Å². The van der Waals surface area contributed by atoms with E-state index in [0.717, 1.165) is 64.7 Å². The highest BCUT2D eigenvalue weighted by Crippen LogP contribution is 2.53. The second-order valence-electron chi connectivity index (χ2n) is 13.4. The Morgan fingerprint density at radius 3 is 2.39 bits per heavy atom. The van der Waals surface area contributed by atoms with Crippen LogP contribution in [-0.4, -0.2) is 26.9 Å². The Balaban J connectivity index is 0.000000514. The molecule has 7 heteroatoms. The lowest BCUT2D eigenvalue weighted by molar-refractivity contribution is -0.138. The van der Waals surface area contributed by atoms with E-state index >= 15 is 0 Å². The molecule has 1 fully saturated rings. The van der Waals surface area contributed by atoms with E-state index in [1.54, 1.807) is 0 Å². The van der Waals surface area contributed by atoms with Crippen LogP contribution >= 0.6 is 23.4 Å². The zero-order valence-corrected chi connectivity index (χ0v) is 29.8. The molecule has 0 spiro atoms. The van der Waals surface area contributed by atoms with Crippen molar-refractivity contribution in [3.8, 4) is 0 Å². The van der Waals surface area contributed by atoms with Crippen LogP contribution in [0.2, 0.25) is 5.02 Å². The van der Waals surface area contributed by atoms with E-state index in [0.29, 0.717) is 11.6 Å². The largest absolute Gasteiger partial charge is 0.481 e. The molecule has 1 aliphatic rings. The smallest absolute Gasteiger partial charge is 0.303 e. The first-order valence-electron chi connectivity index (χ1n) is 16.8. The lowest BCUT2D eigenvalue weighted by Crippen LogP contribution is -2.18. The highest BCUT2D eigenvalue weighted by molar-refractivity contribution is 7.99. The van der Waals surface area contributed by atoms with Gasteiger partial charge in [0.05, 0.1) is 23.2 Å². The average molecular weight is 693 g/mol.